The molecule has 1 heterocycles. The topological polar surface area (TPSA) is 50.2 Å². The van der Waals surface area contributed by atoms with Gasteiger partial charge in [-0.2, -0.15) is 13.2 Å². The van der Waals surface area contributed by atoms with Gasteiger partial charge in [0.15, 0.2) is 0 Å². The molecule has 122 valence electrons. The first-order valence-electron chi connectivity index (χ1n) is 6.81. The minimum absolute atomic E-state index is 0.179. The lowest BCUT2D eigenvalue weighted by Crippen LogP contribution is -2.03. The Morgan fingerprint density at radius 2 is 1.54 bits per heavy atom. The highest BCUT2D eigenvalue weighted by atomic mass is 32.1. The van der Waals surface area contributed by atoms with Crippen LogP contribution in [-0.2, 0) is 6.18 Å². The molecule has 0 atom stereocenters. The van der Waals surface area contributed by atoms with Crippen molar-refractivity contribution in [2.24, 2.45) is 0 Å². The number of benzene rings is 2. The summed E-state index contributed by atoms with van der Waals surface area (Å²) >= 11 is 1.34. The van der Waals surface area contributed by atoms with Gasteiger partial charge in [0.05, 0.1) is 16.8 Å². The fourth-order valence-corrected chi connectivity index (χ4v) is 2.96. The van der Waals surface area contributed by atoms with Crippen LogP contribution in [0.15, 0.2) is 53.9 Å². The number of hydrogen-bond donors (Lipinski definition) is 1. The first-order chi connectivity index (χ1) is 11.3. The first-order valence-corrected chi connectivity index (χ1v) is 7.69. The molecule has 0 aliphatic rings. The number of thiazole rings is 1. The molecule has 2 aromatic carbocycles. The van der Waals surface area contributed by atoms with Gasteiger partial charge in [-0.05, 0) is 24.3 Å². The summed E-state index contributed by atoms with van der Waals surface area (Å²) in [7, 11) is 0. The number of aromatic nitrogens is 1. The van der Waals surface area contributed by atoms with Crippen LogP contribution in [0.1, 0.15) is 15.9 Å². The molecule has 0 aliphatic carbocycles. The zero-order chi connectivity index (χ0) is 17.3. The number of carboxylic acid groups (broad SMARTS) is 1. The van der Waals surface area contributed by atoms with Gasteiger partial charge >= 0.3 is 12.1 Å². The zero-order valence-electron chi connectivity index (χ0n) is 12.0. The summed E-state index contributed by atoms with van der Waals surface area (Å²) in [4.78, 5) is 15.2. The van der Waals surface area contributed by atoms with Gasteiger partial charge in [0.2, 0.25) is 0 Å². The lowest BCUT2D eigenvalue weighted by molar-refractivity contribution is -0.137. The average Bonchev–Trinajstić information content (AvgIpc) is 3.04. The van der Waals surface area contributed by atoms with Crippen LogP contribution in [0.5, 0.6) is 0 Å². The molecule has 0 amide bonds. The van der Waals surface area contributed by atoms with E-state index in [0.717, 1.165) is 17.7 Å². The summed E-state index contributed by atoms with van der Waals surface area (Å²) in [5.41, 5.74) is 1.39. The average molecular weight is 349 g/mol. The van der Waals surface area contributed by atoms with E-state index in [2.05, 4.69) is 4.98 Å². The third-order valence-corrected chi connectivity index (χ3v) is 4.28. The third-order valence-electron chi connectivity index (χ3n) is 3.39. The van der Waals surface area contributed by atoms with Crippen LogP contribution in [0.2, 0.25) is 0 Å². The van der Waals surface area contributed by atoms with E-state index in [-0.39, 0.29) is 5.56 Å². The van der Waals surface area contributed by atoms with Crippen molar-refractivity contribution in [2.75, 3.05) is 0 Å². The fourth-order valence-electron chi connectivity index (χ4n) is 2.12. The van der Waals surface area contributed by atoms with Crippen LogP contribution in [0.25, 0.3) is 21.8 Å². The molecule has 24 heavy (non-hydrogen) atoms. The van der Waals surface area contributed by atoms with Crippen LogP contribution < -0.4 is 0 Å². The molecule has 0 saturated heterocycles. The summed E-state index contributed by atoms with van der Waals surface area (Å²) in [6.45, 7) is 0. The second-order valence-electron chi connectivity index (χ2n) is 5.00. The maximum atomic E-state index is 12.6. The minimum Gasteiger partial charge on any atom is -0.478 e. The Kier molecular flexibility index (Phi) is 4.11. The maximum absolute atomic E-state index is 12.6. The second kappa shape index (κ2) is 6.09. The molecule has 1 aromatic heterocycles. The van der Waals surface area contributed by atoms with E-state index in [1.165, 1.54) is 35.6 Å². The van der Waals surface area contributed by atoms with Crippen molar-refractivity contribution < 1.29 is 23.1 Å². The minimum atomic E-state index is -4.36. The summed E-state index contributed by atoms with van der Waals surface area (Å²) in [6.07, 6.45) is -4.36. The predicted octanol–water partition coefficient (Wildman–Crippen LogP) is 5.19. The third kappa shape index (κ3) is 3.30. The monoisotopic (exact) mass is 349 g/mol. The SMILES string of the molecule is O=C(O)c1ccc(-c2nc(-c3ccc(C(F)(F)F)cc3)cs2)cc1. The standard InChI is InChI=1S/C17H10F3NO2S/c18-17(19,20)13-7-5-10(6-8-13)14-9-24-15(21-14)11-1-3-12(4-2-11)16(22)23/h1-9H,(H,22,23). The number of carboxylic acids is 1. The number of halogens is 3. The van der Waals surface area contributed by atoms with Gasteiger partial charge < -0.3 is 5.11 Å². The van der Waals surface area contributed by atoms with Gasteiger partial charge in [-0.1, -0.05) is 24.3 Å². The van der Waals surface area contributed by atoms with Crippen molar-refractivity contribution in [3.05, 3.63) is 65.0 Å². The summed E-state index contributed by atoms with van der Waals surface area (Å²) < 4.78 is 37.7. The van der Waals surface area contributed by atoms with E-state index in [4.69, 9.17) is 5.11 Å². The van der Waals surface area contributed by atoms with E-state index >= 15 is 0 Å². The molecule has 0 bridgehead atoms. The molecule has 3 nitrogen and oxygen atoms in total. The van der Waals surface area contributed by atoms with Crippen LogP contribution in [0, 0.1) is 0 Å². The van der Waals surface area contributed by atoms with E-state index in [1.54, 1.807) is 17.5 Å². The van der Waals surface area contributed by atoms with E-state index < -0.39 is 17.7 Å². The highest BCUT2D eigenvalue weighted by Gasteiger charge is 2.30. The lowest BCUT2D eigenvalue weighted by atomic mass is 10.1. The number of carbonyl (C=O) groups is 1. The maximum Gasteiger partial charge on any atom is 0.416 e. The molecular formula is C17H10F3NO2S. The molecule has 1 N–H and O–H groups in total. The van der Waals surface area contributed by atoms with Gasteiger partial charge in [0.25, 0.3) is 0 Å². The number of rotatable bonds is 3. The molecule has 3 aromatic rings. The molecule has 0 radical (unpaired) electrons. The molecule has 0 spiro atoms. The van der Waals surface area contributed by atoms with Gasteiger partial charge in [-0.15, -0.1) is 11.3 Å². The van der Waals surface area contributed by atoms with E-state index in [9.17, 15) is 18.0 Å². The lowest BCUT2D eigenvalue weighted by Gasteiger charge is -2.06. The normalized spacial score (nSPS) is 11.5. The van der Waals surface area contributed by atoms with Crippen LogP contribution in [0.3, 0.4) is 0 Å². The van der Waals surface area contributed by atoms with Crippen molar-refractivity contribution >= 4 is 17.3 Å². The van der Waals surface area contributed by atoms with Crippen molar-refractivity contribution in [1.29, 1.82) is 0 Å². The Bertz CT molecular complexity index is 868. The van der Waals surface area contributed by atoms with Crippen LogP contribution in [-0.4, -0.2) is 16.1 Å². The van der Waals surface area contributed by atoms with Gasteiger partial charge in [0.1, 0.15) is 5.01 Å². The molecular weight excluding hydrogens is 339 g/mol. The van der Waals surface area contributed by atoms with Crippen molar-refractivity contribution in [2.45, 2.75) is 6.18 Å². The van der Waals surface area contributed by atoms with E-state index in [1.807, 2.05) is 0 Å². The largest absolute Gasteiger partial charge is 0.478 e. The van der Waals surface area contributed by atoms with Crippen LogP contribution >= 0.6 is 11.3 Å². The Labute approximate surface area is 139 Å². The smallest absolute Gasteiger partial charge is 0.416 e. The number of aromatic carboxylic acids is 1. The Morgan fingerprint density at radius 3 is 2.08 bits per heavy atom. The summed E-state index contributed by atoms with van der Waals surface area (Å²) in [5, 5.41) is 11.3. The van der Waals surface area contributed by atoms with Crippen molar-refractivity contribution in [3.63, 3.8) is 0 Å². The first kappa shape index (κ1) is 16.2. The molecule has 0 unspecified atom stereocenters. The second-order valence-corrected chi connectivity index (χ2v) is 5.85. The van der Waals surface area contributed by atoms with Gasteiger partial charge in [-0.25, -0.2) is 9.78 Å². The molecule has 0 saturated carbocycles. The Morgan fingerprint density at radius 1 is 0.958 bits per heavy atom. The van der Waals surface area contributed by atoms with Crippen molar-refractivity contribution in [3.8, 4) is 21.8 Å². The summed E-state index contributed by atoms with van der Waals surface area (Å²) in [6, 6.07) is 11.1. The molecule has 0 fully saturated rings. The predicted molar refractivity (Wildman–Crippen MR) is 84.9 cm³/mol. The zero-order valence-corrected chi connectivity index (χ0v) is 12.9. The number of hydrogen-bond acceptors (Lipinski definition) is 3. The van der Waals surface area contributed by atoms with Crippen molar-refractivity contribution in [1.82, 2.24) is 4.98 Å². The van der Waals surface area contributed by atoms with Crippen LogP contribution in [0.4, 0.5) is 13.2 Å². The van der Waals surface area contributed by atoms with Gasteiger partial charge in [0, 0.05) is 16.5 Å². The molecule has 0 aliphatic heterocycles. The quantitative estimate of drug-likeness (QED) is 0.707. The highest BCUT2D eigenvalue weighted by Crippen LogP contribution is 2.32. The molecule has 3 rings (SSSR count). The van der Waals surface area contributed by atoms with E-state index in [0.29, 0.717) is 16.3 Å². The van der Waals surface area contributed by atoms with Gasteiger partial charge in [-0.3, -0.25) is 0 Å². The summed E-state index contributed by atoms with van der Waals surface area (Å²) in [5.74, 6) is -1.01. The highest BCUT2D eigenvalue weighted by molar-refractivity contribution is 7.13. The Hall–Kier alpha value is -2.67. The number of nitrogens with zero attached hydrogens (tertiary/aromatic N) is 1. The molecule has 7 heteroatoms. The Balaban J connectivity index is 1.86. The number of alkyl halides is 3. The fraction of sp³-hybridized carbons (Fsp3) is 0.0588.